The first kappa shape index (κ1) is 17.9. The Morgan fingerprint density at radius 1 is 0.958 bits per heavy atom. The predicted molar refractivity (Wildman–Crippen MR) is 95.5 cm³/mol. The molecule has 2 aromatic rings. The lowest BCUT2D eigenvalue weighted by molar-refractivity contribution is -0.121. The molecule has 0 heterocycles. The molecule has 0 radical (unpaired) electrons. The minimum absolute atomic E-state index is 0.0706. The molecule has 1 amide bonds. The van der Waals surface area contributed by atoms with Crippen LogP contribution < -0.4 is 14.8 Å². The number of benzene rings is 2. The highest BCUT2D eigenvalue weighted by atomic mass is 16.5. The Morgan fingerprint density at radius 2 is 1.62 bits per heavy atom. The van der Waals surface area contributed by atoms with E-state index in [1.165, 1.54) is 5.56 Å². The summed E-state index contributed by atoms with van der Waals surface area (Å²) in [4.78, 5) is 11.8. The fourth-order valence-electron chi connectivity index (χ4n) is 2.34. The van der Waals surface area contributed by atoms with Crippen LogP contribution in [0.2, 0.25) is 0 Å². The summed E-state index contributed by atoms with van der Waals surface area (Å²) in [5.74, 6) is 1.68. The van der Waals surface area contributed by atoms with Gasteiger partial charge in [-0.25, -0.2) is 0 Å². The maximum absolute atomic E-state index is 11.8. The third-order valence-electron chi connectivity index (χ3n) is 3.54. The largest absolute Gasteiger partial charge is 0.494 e. The van der Waals surface area contributed by atoms with Crippen LogP contribution in [0.5, 0.6) is 11.5 Å². The van der Waals surface area contributed by atoms with Crippen molar-refractivity contribution in [3.63, 3.8) is 0 Å². The number of aryl methyl sites for hydroxylation is 1. The van der Waals surface area contributed by atoms with Gasteiger partial charge in [0.1, 0.15) is 18.1 Å². The number of amides is 1. The van der Waals surface area contributed by atoms with Crippen molar-refractivity contribution < 1.29 is 14.3 Å². The van der Waals surface area contributed by atoms with Crippen molar-refractivity contribution in [2.45, 2.75) is 26.2 Å². The third kappa shape index (κ3) is 6.73. The number of hydrogen-bond acceptors (Lipinski definition) is 3. The molecule has 1 N–H and O–H groups in total. The number of carbonyl (C=O) groups is 1. The number of ether oxygens (including phenoxy) is 2. The van der Waals surface area contributed by atoms with Crippen molar-refractivity contribution in [3.05, 3.63) is 60.2 Å². The molecule has 0 atom stereocenters. The molecule has 0 spiro atoms. The summed E-state index contributed by atoms with van der Waals surface area (Å²) >= 11 is 0. The monoisotopic (exact) mass is 327 g/mol. The van der Waals surface area contributed by atoms with Gasteiger partial charge in [0.2, 0.25) is 5.91 Å². The van der Waals surface area contributed by atoms with Crippen LogP contribution in [0.25, 0.3) is 0 Å². The van der Waals surface area contributed by atoms with Crippen molar-refractivity contribution in [1.82, 2.24) is 5.32 Å². The van der Waals surface area contributed by atoms with Gasteiger partial charge in [-0.2, -0.15) is 0 Å². The molecule has 4 nitrogen and oxygen atoms in total. The van der Waals surface area contributed by atoms with Gasteiger partial charge in [-0.3, -0.25) is 4.79 Å². The summed E-state index contributed by atoms with van der Waals surface area (Å²) in [6.07, 6.45) is 2.32. The molecule has 2 aromatic carbocycles. The van der Waals surface area contributed by atoms with E-state index in [0.29, 0.717) is 26.2 Å². The van der Waals surface area contributed by atoms with Crippen LogP contribution in [0, 0.1) is 0 Å². The highest BCUT2D eigenvalue weighted by Crippen LogP contribution is 2.17. The highest BCUT2D eigenvalue weighted by molar-refractivity contribution is 5.75. The molecule has 0 aliphatic rings. The average molecular weight is 327 g/mol. The van der Waals surface area contributed by atoms with Crippen LogP contribution >= 0.6 is 0 Å². The molecule has 0 unspecified atom stereocenters. The van der Waals surface area contributed by atoms with Gasteiger partial charge in [0.25, 0.3) is 0 Å². The maximum Gasteiger partial charge on any atom is 0.220 e. The zero-order valence-electron chi connectivity index (χ0n) is 14.2. The fourth-order valence-corrected chi connectivity index (χ4v) is 2.34. The maximum atomic E-state index is 11.8. The molecule has 0 aliphatic carbocycles. The van der Waals surface area contributed by atoms with E-state index in [9.17, 15) is 4.79 Å². The quantitative estimate of drug-likeness (QED) is 0.678. The molecule has 4 heteroatoms. The first-order chi connectivity index (χ1) is 11.8. The molecule has 0 saturated heterocycles. The van der Waals surface area contributed by atoms with E-state index in [-0.39, 0.29) is 5.91 Å². The third-order valence-corrected chi connectivity index (χ3v) is 3.54. The number of rotatable bonds is 10. The first-order valence-electron chi connectivity index (χ1n) is 8.44. The number of nitrogens with one attached hydrogen (secondary N) is 1. The number of hydrogen-bond donors (Lipinski definition) is 1. The lowest BCUT2D eigenvalue weighted by Gasteiger charge is -2.09. The molecule has 2 rings (SSSR count). The average Bonchev–Trinajstić information content (AvgIpc) is 2.61. The fraction of sp³-hybridized carbons (Fsp3) is 0.350. The van der Waals surface area contributed by atoms with Gasteiger partial charge in [0, 0.05) is 6.42 Å². The summed E-state index contributed by atoms with van der Waals surface area (Å²) in [5, 5.41) is 2.88. The Bertz CT molecular complexity index is 596. The molecule has 24 heavy (non-hydrogen) atoms. The van der Waals surface area contributed by atoms with E-state index in [1.54, 1.807) is 0 Å². The minimum atomic E-state index is 0.0706. The van der Waals surface area contributed by atoms with Crippen molar-refractivity contribution in [2.75, 3.05) is 19.8 Å². The van der Waals surface area contributed by atoms with Gasteiger partial charge in [-0.15, -0.1) is 0 Å². The summed E-state index contributed by atoms with van der Waals surface area (Å²) in [5.41, 5.74) is 1.27. The summed E-state index contributed by atoms with van der Waals surface area (Å²) in [6, 6.07) is 17.7. The van der Waals surface area contributed by atoms with Crippen LogP contribution in [-0.4, -0.2) is 25.7 Å². The Labute approximate surface area is 143 Å². The normalized spacial score (nSPS) is 10.2. The Kier molecular flexibility index (Phi) is 7.68. The van der Waals surface area contributed by atoms with E-state index in [2.05, 4.69) is 17.4 Å². The van der Waals surface area contributed by atoms with E-state index in [0.717, 1.165) is 24.3 Å². The summed E-state index contributed by atoms with van der Waals surface area (Å²) < 4.78 is 11.0. The van der Waals surface area contributed by atoms with Crippen LogP contribution in [-0.2, 0) is 11.2 Å². The van der Waals surface area contributed by atoms with E-state index < -0.39 is 0 Å². The molecule has 0 fully saturated rings. The van der Waals surface area contributed by atoms with E-state index in [1.807, 2.05) is 49.4 Å². The van der Waals surface area contributed by atoms with Crippen molar-refractivity contribution in [3.8, 4) is 11.5 Å². The van der Waals surface area contributed by atoms with E-state index in [4.69, 9.17) is 9.47 Å². The summed E-state index contributed by atoms with van der Waals surface area (Å²) in [7, 11) is 0. The van der Waals surface area contributed by atoms with Crippen LogP contribution in [0.4, 0.5) is 0 Å². The molecule has 0 saturated carbocycles. The van der Waals surface area contributed by atoms with Gasteiger partial charge in [-0.1, -0.05) is 30.3 Å². The smallest absolute Gasteiger partial charge is 0.220 e. The molecule has 0 bridgehead atoms. The topological polar surface area (TPSA) is 47.6 Å². The minimum Gasteiger partial charge on any atom is -0.494 e. The zero-order valence-corrected chi connectivity index (χ0v) is 14.2. The summed E-state index contributed by atoms with van der Waals surface area (Å²) in [6.45, 7) is 3.57. The Morgan fingerprint density at radius 3 is 2.29 bits per heavy atom. The first-order valence-corrected chi connectivity index (χ1v) is 8.44. The van der Waals surface area contributed by atoms with Gasteiger partial charge in [0.15, 0.2) is 0 Å². The Balaban J connectivity index is 1.55. The second kappa shape index (κ2) is 10.3. The lowest BCUT2D eigenvalue weighted by atomic mass is 10.1. The molecule has 0 aromatic heterocycles. The van der Waals surface area contributed by atoms with Crippen LogP contribution in [0.1, 0.15) is 25.3 Å². The van der Waals surface area contributed by atoms with Gasteiger partial charge < -0.3 is 14.8 Å². The van der Waals surface area contributed by atoms with Gasteiger partial charge >= 0.3 is 0 Å². The second-order valence-electron chi connectivity index (χ2n) is 5.44. The molecule has 0 aliphatic heterocycles. The number of carbonyl (C=O) groups excluding carboxylic acids is 1. The van der Waals surface area contributed by atoms with E-state index >= 15 is 0 Å². The lowest BCUT2D eigenvalue weighted by Crippen LogP contribution is -2.27. The second-order valence-corrected chi connectivity index (χ2v) is 5.44. The van der Waals surface area contributed by atoms with Crippen LogP contribution in [0.15, 0.2) is 54.6 Å². The highest BCUT2D eigenvalue weighted by Gasteiger charge is 2.02. The standard InChI is InChI=1S/C20H25NO3/c1-2-23-18-11-13-19(14-12-18)24-16-15-21-20(22)10-6-9-17-7-4-3-5-8-17/h3-5,7-8,11-14H,2,6,9-10,15-16H2,1H3,(H,21,22). The molecular weight excluding hydrogens is 302 g/mol. The molecule has 128 valence electrons. The van der Waals surface area contributed by atoms with Crippen molar-refractivity contribution >= 4 is 5.91 Å². The van der Waals surface area contributed by atoms with Crippen LogP contribution in [0.3, 0.4) is 0 Å². The zero-order chi connectivity index (χ0) is 17.0. The van der Waals surface area contributed by atoms with Crippen molar-refractivity contribution in [2.24, 2.45) is 0 Å². The van der Waals surface area contributed by atoms with Gasteiger partial charge in [0.05, 0.1) is 13.2 Å². The molecular formula is C20H25NO3. The Hall–Kier alpha value is -2.49. The SMILES string of the molecule is CCOc1ccc(OCCNC(=O)CCCc2ccccc2)cc1. The van der Waals surface area contributed by atoms with Gasteiger partial charge in [-0.05, 0) is 49.6 Å². The van der Waals surface area contributed by atoms with Crippen molar-refractivity contribution in [1.29, 1.82) is 0 Å². The predicted octanol–water partition coefficient (Wildman–Crippen LogP) is 3.60.